The molecule has 1 aromatic heterocycles. The van der Waals surface area contributed by atoms with Crippen LogP contribution in [0, 0.1) is 5.92 Å². The van der Waals surface area contributed by atoms with Crippen molar-refractivity contribution < 1.29 is 9.53 Å². The Labute approximate surface area is 118 Å². The Balaban J connectivity index is 2.18. The third-order valence-corrected chi connectivity index (χ3v) is 4.21. The molecule has 102 valence electrons. The van der Waals surface area contributed by atoms with Gasteiger partial charge in [0.25, 0.3) is 0 Å². The Morgan fingerprint density at radius 1 is 1.32 bits per heavy atom. The average molecular weight is 276 g/mol. The maximum absolute atomic E-state index is 12.4. The molecule has 0 N–H and O–H groups in total. The van der Waals surface area contributed by atoms with Crippen LogP contribution < -0.4 is 0 Å². The molecular formula is C16H20O2S. The SMILES string of the molecule is CCOC(C(=O)Cc1csc2ccccc12)C(C)C. The molecule has 0 radical (unpaired) electrons. The fourth-order valence-corrected chi connectivity index (χ4v) is 3.26. The van der Waals surface area contributed by atoms with Gasteiger partial charge >= 0.3 is 0 Å². The summed E-state index contributed by atoms with van der Waals surface area (Å²) < 4.78 is 6.82. The van der Waals surface area contributed by atoms with Crippen molar-refractivity contribution in [3.8, 4) is 0 Å². The number of ketones is 1. The van der Waals surface area contributed by atoms with Crippen molar-refractivity contribution in [3.05, 3.63) is 35.2 Å². The predicted octanol–water partition coefficient (Wildman–Crippen LogP) is 4.07. The van der Waals surface area contributed by atoms with Gasteiger partial charge in [-0.15, -0.1) is 11.3 Å². The van der Waals surface area contributed by atoms with Crippen molar-refractivity contribution in [1.29, 1.82) is 0 Å². The van der Waals surface area contributed by atoms with Crippen molar-refractivity contribution in [2.75, 3.05) is 6.61 Å². The Bertz CT molecular complexity index is 557. The number of rotatable bonds is 6. The van der Waals surface area contributed by atoms with Crippen LogP contribution in [-0.2, 0) is 16.0 Å². The topological polar surface area (TPSA) is 26.3 Å². The number of Topliss-reactive ketones (excluding diaryl/α,β-unsaturated/α-hetero) is 1. The zero-order valence-corrected chi connectivity index (χ0v) is 12.5. The molecule has 0 fully saturated rings. The van der Waals surface area contributed by atoms with E-state index >= 15 is 0 Å². The third-order valence-electron chi connectivity index (χ3n) is 3.19. The summed E-state index contributed by atoms with van der Waals surface area (Å²) in [5.41, 5.74) is 1.12. The van der Waals surface area contributed by atoms with E-state index in [1.165, 1.54) is 10.1 Å². The van der Waals surface area contributed by atoms with Gasteiger partial charge in [-0.3, -0.25) is 4.79 Å². The number of ether oxygens (including phenoxy) is 1. The Kier molecular flexibility index (Phi) is 4.72. The van der Waals surface area contributed by atoms with Crippen LogP contribution in [-0.4, -0.2) is 18.5 Å². The van der Waals surface area contributed by atoms with E-state index in [2.05, 4.69) is 17.5 Å². The number of carbonyl (C=O) groups is 1. The van der Waals surface area contributed by atoms with Gasteiger partial charge < -0.3 is 4.74 Å². The molecule has 0 spiro atoms. The van der Waals surface area contributed by atoms with E-state index in [1.54, 1.807) is 11.3 Å². The van der Waals surface area contributed by atoms with Crippen LogP contribution in [0.15, 0.2) is 29.6 Å². The molecular weight excluding hydrogens is 256 g/mol. The van der Waals surface area contributed by atoms with Crippen LogP contribution in [0.2, 0.25) is 0 Å². The minimum absolute atomic E-state index is 0.181. The van der Waals surface area contributed by atoms with Crippen LogP contribution in [0.25, 0.3) is 10.1 Å². The number of hydrogen-bond donors (Lipinski definition) is 0. The highest BCUT2D eigenvalue weighted by Gasteiger charge is 2.23. The maximum Gasteiger partial charge on any atom is 0.166 e. The number of carbonyl (C=O) groups excluding carboxylic acids is 1. The summed E-state index contributed by atoms with van der Waals surface area (Å²) in [6.45, 7) is 6.58. The monoisotopic (exact) mass is 276 g/mol. The molecule has 2 nitrogen and oxygen atoms in total. The highest BCUT2D eigenvalue weighted by Crippen LogP contribution is 2.26. The van der Waals surface area contributed by atoms with Gasteiger partial charge in [-0.25, -0.2) is 0 Å². The van der Waals surface area contributed by atoms with Crippen molar-refractivity contribution in [3.63, 3.8) is 0 Å². The van der Waals surface area contributed by atoms with Crippen molar-refractivity contribution in [2.24, 2.45) is 5.92 Å². The third kappa shape index (κ3) is 3.23. The molecule has 1 heterocycles. The smallest absolute Gasteiger partial charge is 0.166 e. The highest BCUT2D eigenvalue weighted by atomic mass is 32.1. The van der Waals surface area contributed by atoms with Crippen LogP contribution in [0.5, 0.6) is 0 Å². The summed E-state index contributed by atoms with van der Waals surface area (Å²) in [6.07, 6.45) is 0.177. The van der Waals surface area contributed by atoms with Crippen molar-refractivity contribution in [1.82, 2.24) is 0 Å². The second kappa shape index (κ2) is 6.31. The quantitative estimate of drug-likeness (QED) is 0.795. The zero-order valence-electron chi connectivity index (χ0n) is 11.7. The number of fused-ring (bicyclic) bond motifs is 1. The fraction of sp³-hybridized carbons (Fsp3) is 0.438. The summed E-state index contributed by atoms with van der Waals surface area (Å²) in [6, 6.07) is 8.23. The van der Waals surface area contributed by atoms with E-state index in [1.807, 2.05) is 32.9 Å². The van der Waals surface area contributed by atoms with Gasteiger partial charge in [-0.05, 0) is 35.2 Å². The van der Waals surface area contributed by atoms with Gasteiger partial charge in [0, 0.05) is 17.7 Å². The average Bonchev–Trinajstić information content (AvgIpc) is 2.79. The minimum atomic E-state index is -0.288. The minimum Gasteiger partial charge on any atom is -0.370 e. The Morgan fingerprint density at radius 2 is 2.05 bits per heavy atom. The van der Waals surface area contributed by atoms with E-state index in [4.69, 9.17) is 4.74 Å². The lowest BCUT2D eigenvalue weighted by molar-refractivity contribution is -0.132. The summed E-state index contributed by atoms with van der Waals surface area (Å²) in [5.74, 6) is 0.401. The first kappa shape index (κ1) is 14.2. The second-order valence-electron chi connectivity index (χ2n) is 5.02. The fourth-order valence-electron chi connectivity index (χ4n) is 2.29. The lowest BCUT2D eigenvalue weighted by Gasteiger charge is -2.19. The molecule has 3 heteroatoms. The molecule has 2 aromatic rings. The Morgan fingerprint density at radius 3 is 2.74 bits per heavy atom. The first-order chi connectivity index (χ1) is 9.13. The first-order valence-electron chi connectivity index (χ1n) is 6.73. The number of benzene rings is 1. The molecule has 1 atom stereocenters. The first-order valence-corrected chi connectivity index (χ1v) is 7.60. The van der Waals surface area contributed by atoms with Crippen LogP contribution in [0.3, 0.4) is 0 Å². The van der Waals surface area contributed by atoms with Crippen LogP contribution in [0.4, 0.5) is 0 Å². The predicted molar refractivity (Wildman–Crippen MR) is 80.8 cm³/mol. The molecule has 0 aliphatic rings. The lowest BCUT2D eigenvalue weighted by atomic mass is 9.97. The molecule has 2 rings (SSSR count). The van der Waals surface area contributed by atoms with Crippen molar-refractivity contribution in [2.45, 2.75) is 33.3 Å². The lowest BCUT2D eigenvalue weighted by Crippen LogP contribution is -2.31. The van der Waals surface area contributed by atoms with Crippen LogP contribution >= 0.6 is 11.3 Å². The molecule has 0 saturated heterocycles. The highest BCUT2D eigenvalue weighted by molar-refractivity contribution is 7.17. The molecule has 1 unspecified atom stereocenters. The van der Waals surface area contributed by atoms with Crippen LogP contribution in [0.1, 0.15) is 26.3 Å². The van der Waals surface area contributed by atoms with E-state index < -0.39 is 0 Å². The molecule has 0 saturated carbocycles. The molecule has 1 aromatic carbocycles. The van der Waals surface area contributed by atoms with E-state index in [0.29, 0.717) is 13.0 Å². The number of hydrogen-bond acceptors (Lipinski definition) is 3. The molecule has 0 bridgehead atoms. The van der Waals surface area contributed by atoms with Gasteiger partial charge in [0.1, 0.15) is 6.10 Å². The largest absolute Gasteiger partial charge is 0.370 e. The van der Waals surface area contributed by atoms with Gasteiger partial charge in [0.05, 0.1) is 0 Å². The van der Waals surface area contributed by atoms with E-state index in [-0.39, 0.29) is 17.8 Å². The van der Waals surface area contributed by atoms with E-state index in [0.717, 1.165) is 5.56 Å². The van der Waals surface area contributed by atoms with Gasteiger partial charge in [0.2, 0.25) is 0 Å². The standard InChI is InChI=1S/C16H20O2S/c1-4-18-16(11(2)3)14(17)9-12-10-19-15-8-6-5-7-13(12)15/h5-8,10-11,16H,4,9H2,1-3H3. The zero-order chi connectivity index (χ0) is 13.8. The van der Waals surface area contributed by atoms with Gasteiger partial charge in [-0.2, -0.15) is 0 Å². The maximum atomic E-state index is 12.4. The summed E-state index contributed by atoms with van der Waals surface area (Å²) >= 11 is 1.70. The summed E-state index contributed by atoms with van der Waals surface area (Å²) in [5, 5.41) is 3.28. The summed E-state index contributed by atoms with van der Waals surface area (Å²) in [4.78, 5) is 12.4. The second-order valence-corrected chi connectivity index (χ2v) is 5.93. The summed E-state index contributed by atoms with van der Waals surface area (Å²) in [7, 11) is 0. The molecule has 19 heavy (non-hydrogen) atoms. The molecule has 0 aliphatic carbocycles. The molecule has 0 amide bonds. The number of thiophene rings is 1. The molecule has 0 aliphatic heterocycles. The van der Waals surface area contributed by atoms with Gasteiger partial charge in [-0.1, -0.05) is 32.0 Å². The van der Waals surface area contributed by atoms with Gasteiger partial charge in [0.15, 0.2) is 5.78 Å². The van der Waals surface area contributed by atoms with E-state index in [9.17, 15) is 4.79 Å². The Hall–Kier alpha value is -1.19. The van der Waals surface area contributed by atoms with Crippen molar-refractivity contribution >= 4 is 27.2 Å². The normalized spacial score (nSPS) is 13.1.